The van der Waals surface area contributed by atoms with Gasteiger partial charge in [0.15, 0.2) is 0 Å². The summed E-state index contributed by atoms with van der Waals surface area (Å²) in [5.74, 6) is 0.747. The van der Waals surface area contributed by atoms with Gasteiger partial charge in [-0.05, 0) is 72.5 Å². The number of nitrogens with zero attached hydrogens (tertiary/aromatic N) is 3. The first-order chi connectivity index (χ1) is 20.0. The van der Waals surface area contributed by atoms with E-state index in [1.807, 2.05) is 85.1 Å². The molecule has 0 aliphatic carbocycles. The summed E-state index contributed by atoms with van der Waals surface area (Å²) in [6.45, 7) is 5.27. The third kappa shape index (κ3) is 8.33. The lowest BCUT2D eigenvalue weighted by Crippen LogP contribution is -2.30. The summed E-state index contributed by atoms with van der Waals surface area (Å²) in [5, 5.41) is 18.4. The van der Waals surface area contributed by atoms with Crippen molar-refractivity contribution in [3.05, 3.63) is 107 Å². The molecule has 0 fully saturated rings. The number of carbonyl (C=O) groups is 1. The van der Waals surface area contributed by atoms with E-state index in [1.165, 1.54) is 0 Å². The van der Waals surface area contributed by atoms with Crippen molar-refractivity contribution in [2.24, 2.45) is 5.92 Å². The van der Waals surface area contributed by atoms with Gasteiger partial charge in [-0.25, -0.2) is 4.68 Å². The first-order valence-corrected chi connectivity index (χ1v) is 14.4. The molecule has 210 valence electrons. The molecule has 1 N–H and O–H groups in total. The number of para-hydroxylation sites is 1. The fraction of sp³-hybridized carbons (Fsp3) is 0.265. The normalized spacial score (nSPS) is 12.0. The predicted molar refractivity (Wildman–Crippen MR) is 165 cm³/mol. The second-order valence-electron chi connectivity index (χ2n) is 9.95. The van der Waals surface area contributed by atoms with Gasteiger partial charge in [0.25, 0.3) is 5.91 Å². The minimum Gasteiger partial charge on any atom is -0.489 e. The highest BCUT2D eigenvalue weighted by atomic mass is 35.5. The lowest BCUT2D eigenvalue weighted by atomic mass is 9.99. The van der Waals surface area contributed by atoms with Gasteiger partial charge in [-0.2, -0.15) is 10.4 Å². The second-order valence-corrected chi connectivity index (χ2v) is 10.4. The van der Waals surface area contributed by atoms with Crippen LogP contribution < -0.4 is 10.1 Å². The van der Waals surface area contributed by atoms with Gasteiger partial charge in [0, 0.05) is 28.9 Å². The molecule has 1 aromatic heterocycles. The van der Waals surface area contributed by atoms with Crippen molar-refractivity contribution in [3.8, 4) is 28.8 Å². The number of hydrogen-bond donors (Lipinski definition) is 1. The summed E-state index contributed by atoms with van der Waals surface area (Å²) in [6, 6.07) is 27.0. The van der Waals surface area contributed by atoms with Crippen LogP contribution in [0.1, 0.15) is 50.7 Å². The van der Waals surface area contributed by atoms with Crippen LogP contribution in [0, 0.1) is 17.2 Å². The van der Waals surface area contributed by atoms with Crippen LogP contribution in [0.4, 0.5) is 0 Å². The lowest BCUT2D eigenvalue weighted by Gasteiger charge is -2.15. The van der Waals surface area contributed by atoms with Gasteiger partial charge in [-0.1, -0.05) is 75.0 Å². The first kappa shape index (κ1) is 29.6. The van der Waals surface area contributed by atoms with Crippen molar-refractivity contribution < 1.29 is 9.53 Å². The van der Waals surface area contributed by atoms with Crippen LogP contribution in [0.25, 0.3) is 23.0 Å². The summed E-state index contributed by atoms with van der Waals surface area (Å²) in [6.07, 6.45) is 7.76. The SMILES string of the molecule is CCCC[C@H](CC)CNC(=O)/C(C#N)=C/c1cn(-c2ccccc2)nc1-c1ccc(OCc2ccc(Cl)cc2)cc1. The predicted octanol–water partition coefficient (Wildman–Crippen LogP) is 8.01. The largest absolute Gasteiger partial charge is 0.489 e. The number of aromatic nitrogens is 2. The molecule has 4 aromatic rings. The van der Waals surface area contributed by atoms with Gasteiger partial charge in [-0.15, -0.1) is 0 Å². The van der Waals surface area contributed by atoms with Gasteiger partial charge in [0.05, 0.1) is 11.4 Å². The Bertz CT molecular complexity index is 1490. The lowest BCUT2D eigenvalue weighted by molar-refractivity contribution is -0.117. The maximum absolute atomic E-state index is 13.0. The van der Waals surface area contributed by atoms with Gasteiger partial charge in [0.1, 0.15) is 24.0 Å². The van der Waals surface area contributed by atoms with Crippen LogP contribution in [0.2, 0.25) is 5.02 Å². The number of amides is 1. The molecule has 1 heterocycles. The number of carbonyl (C=O) groups excluding carboxylic acids is 1. The molecule has 1 atom stereocenters. The van der Waals surface area contributed by atoms with Gasteiger partial charge < -0.3 is 10.1 Å². The Morgan fingerprint density at radius 1 is 1.07 bits per heavy atom. The summed E-state index contributed by atoms with van der Waals surface area (Å²) in [4.78, 5) is 13.0. The zero-order valence-electron chi connectivity index (χ0n) is 23.5. The molecule has 0 aliphatic heterocycles. The van der Waals surface area contributed by atoms with Crippen molar-refractivity contribution in [2.45, 2.75) is 46.1 Å². The highest BCUT2D eigenvalue weighted by Gasteiger charge is 2.16. The fourth-order valence-electron chi connectivity index (χ4n) is 4.47. The van der Waals surface area contributed by atoms with Crippen molar-refractivity contribution in [3.63, 3.8) is 0 Å². The quantitative estimate of drug-likeness (QED) is 0.131. The van der Waals surface area contributed by atoms with Gasteiger partial charge in [-0.3, -0.25) is 4.79 Å². The number of ether oxygens (including phenoxy) is 1. The molecule has 0 unspecified atom stereocenters. The summed E-state index contributed by atoms with van der Waals surface area (Å²) < 4.78 is 7.70. The van der Waals surface area contributed by atoms with Crippen molar-refractivity contribution >= 4 is 23.6 Å². The molecule has 0 bridgehead atoms. The molecule has 1 amide bonds. The Balaban J connectivity index is 1.57. The van der Waals surface area contributed by atoms with E-state index in [0.717, 1.165) is 42.5 Å². The fourth-order valence-corrected chi connectivity index (χ4v) is 4.59. The average Bonchev–Trinajstić information content (AvgIpc) is 3.44. The number of halogens is 1. The topological polar surface area (TPSA) is 79.9 Å². The van der Waals surface area contributed by atoms with Crippen molar-refractivity contribution in [1.82, 2.24) is 15.1 Å². The first-order valence-electron chi connectivity index (χ1n) is 14.0. The second kappa shape index (κ2) is 14.9. The number of nitrogens with one attached hydrogen (secondary N) is 1. The van der Waals surface area contributed by atoms with Crippen LogP contribution >= 0.6 is 11.6 Å². The third-order valence-electron chi connectivity index (χ3n) is 6.97. The molecule has 0 radical (unpaired) electrons. The number of unbranched alkanes of at least 4 members (excludes halogenated alkanes) is 1. The zero-order valence-corrected chi connectivity index (χ0v) is 24.3. The molecule has 4 rings (SSSR count). The minimum atomic E-state index is -0.369. The van der Waals surface area contributed by atoms with Crippen LogP contribution in [-0.2, 0) is 11.4 Å². The minimum absolute atomic E-state index is 0.0483. The van der Waals surface area contributed by atoms with E-state index >= 15 is 0 Å². The Morgan fingerprint density at radius 2 is 1.80 bits per heavy atom. The number of benzene rings is 3. The molecule has 3 aromatic carbocycles. The van der Waals surface area contributed by atoms with E-state index in [-0.39, 0.29) is 11.5 Å². The molecular weight excluding hydrogens is 532 g/mol. The van der Waals surface area contributed by atoms with E-state index in [4.69, 9.17) is 21.4 Å². The molecule has 0 saturated heterocycles. The summed E-state index contributed by atoms with van der Waals surface area (Å²) >= 11 is 5.97. The average molecular weight is 567 g/mol. The molecule has 0 aliphatic rings. The van der Waals surface area contributed by atoms with E-state index < -0.39 is 0 Å². The smallest absolute Gasteiger partial charge is 0.261 e. The number of nitriles is 1. The van der Waals surface area contributed by atoms with Crippen LogP contribution in [0.3, 0.4) is 0 Å². The van der Waals surface area contributed by atoms with E-state index in [9.17, 15) is 10.1 Å². The van der Waals surface area contributed by atoms with E-state index in [0.29, 0.717) is 41.1 Å². The highest BCUT2D eigenvalue weighted by molar-refractivity contribution is 6.30. The summed E-state index contributed by atoms with van der Waals surface area (Å²) in [5.41, 5.74) is 4.12. The van der Waals surface area contributed by atoms with Gasteiger partial charge >= 0.3 is 0 Å². The Hall–Kier alpha value is -4.34. The van der Waals surface area contributed by atoms with Crippen LogP contribution in [0.5, 0.6) is 5.75 Å². The van der Waals surface area contributed by atoms with Crippen LogP contribution in [0.15, 0.2) is 90.6 Å². The molecule has 7 heteroatoms. The molecule has 6 nitrogen and oxygen atoms in total. The maximum atomic E-state index is 13.0. The number of hydrogen-bond acceptors (Lipinski definition) is 4. The molecule has 0 spiro atoms. The zero-order chi connectivity index (χ0) is 29.0. The van der Waals surface area contributed by atoms with Crippen molar-refractivity contribution in [1.29, 1.82) is 5.26 Å². The third-order valence-corrected chi connectivity index (χ3v) is 7.22. The monoisotopic (exact) mass is 566 g/mol. The Labute approximate surface area is 247 Å². The van der Waals surface area contributed by atoms with Crippen molar-refractivity contribution in [2.75, 3.05) is 6.54 Å². The maximum Gasteiger partial charge on any atom is 0.261 e. The number of rotatable bonds is 13. The molecular formula is C34H35ClN4O2. The van der Waals surface area contributed by atoms with Crippen LogP contribution in [-0.4, -0.2) is 22.2 Å². The van der Waals surface area contributed by atoms with Gasteiger partial charge in [0.2, 0.25) is 0 Å². The molecule has 0 saturated carbocycles. The Morgan fingerprint density at radius 3 is 2.46 bits per heavy atom. The van der Waals surface area contributed by atoms with E-state index in [2.05, 4.69) is 25.2 Å². The summed E-state index contributed by atoms with van der Waals surface area (Å²) in [7, 11) is 0. The molecule has 41 heavy (non-hydrogen) atoms. The van der Waals surface area contributed by atoms with E-state index in [1.54, 1.807) is 10.8 Å². The Kier molecular flexibility index (Phi) is 10.8. The standard InChI is InChI=1S/C34H35ClN4O2/c1-3-5-9-25(4-2)22-37-34(40)28(21-36)20-29-23-39(31-10-7-6-8-11-31)38-33(29)27-14-18-32(19-15-27)41-24-26-12-16-30(35)17-13-26/h6-8,10-20,23,25H,3-5,9,22,24H2,1-2H3,(H,37,40)/b28-20+/t25-/m0/s1. The highest BCUT2D eigenvalue weighted by Crippen LogP contribution is 2.28.